The van der Waals surface area contributed by atoms with Crippen molar-refractivity contribution in [1.82, 2.24) is 19.1 Å². The molecule has 3 aromatic heterocycles. The van der Waals surface area contributed by atoms with E-state index in [1.54, 1.807) is 0 Å². The van der Waals surface area contributed by atoms with Crippen molar-refractivity contribution in [3.8, 4) is 11.5 Å². The summed E-state index contributed by atoms with van der Waals surface area (Å²) in [5.41, 5.74) is 7.47. The summed E-state index contributed by atoms with van der Waals surface area (Å²) in [4.78, 5) is 13.1. The summed E-state index contributed by atoms with van der Waals surface area (Å²) < 4.78 is 4.47. The number of benzene rings is 6. The fraction of sp³-hybridized carbons (Fsp3) is 0. The van der Waals surface area contributed by atoms with Gasteiger partial charge in [-0.15, -0.1) is 0 Å². The minimum atomic E-state index is 0.135. The predicted octanol–water partition coefficient (Wildman–Crippen LogP) is 8.68. The number of nitrogens with zero attached hydrogens (tertiary/aromatic N) is 4. The number of nitrogens with one attached hydrogen (secondary N) is 2. The minimum Gasteiger partial charge on any atom is -0.323 e. The summed E-state index contributed by atoms with van der Waals surface area (Å²) >= 11 is 0. The van der Waals surface area contributed by atoms with Crippen molar-refractivity contribution in [3.63, 3.8) is 0 Å². The van der Waals surface area contributed by atoms with Crippen LogP contribution >= 0.6 is 0 Å². The number of aromatic amines is 1. The van der Waals surface area contributed by atoms with E-state index in [0.717, 1.165) is 44.5 Å². The topological polar surface area (TPSA) is 74.8 Å². The number of rotatable bonds is 3. The molecular weight excluding hydrogens is 552 g/mol. The van der Waals surface area contributed by atoms with Gasteiger partial charge in [-0.05, 0) is 60.7 Å². The van der Waals surface area contributed by atoms with Crippen LogP contribution in [0.2, 0.25) is 0 Å². The highest BCUT2D eigenvalue weighted by atomic mass is 15.1. The van der Waals surface area contributed by atoms with E-state index < -0.39 is 0 Å². The molecule has 3 heterocycles. The molecule has 0 aliphatic rings. The highest BCUT2D eigenvalue weighted by Crippen LogP contribution is 2.33. The van der Waals surface area contributed by atoms with Crippen molar-refractivity contribution in [2.75, 3.05) is 0 Å². The smallest absolute Gasteiger partial charge is 0.231 e. The number of amidine groups is 1. The average Bonchev–Trinajstić information content (AvgIpc) is 3.61. The second kappa shape index (κ2) is 9.89. The summed E-state index contributed by atoms with van der Waals surface area (Å²) in [7, 11) is 0. The molecule has 0 spiro atoms. The highest BCUT2D eigenvalue weighted by Gasteiger charge is 2.16. The van der Waals surface area contributed by atoms with Gasteiger partial charge in [0, 0.05) is 38.2 Å². The molecule has 9 rings (SSSR count). The monoisotopic (exact) mass is 578 g/mol. The Morgan fingerprint density at radius 2 is 0.956 bits per heavy atom. The van der Waals surface area contributed by atoms with Crippen LogP contribution in [0.25, 0.3) is 66.0 Å². The van der Waals surface area contributed by atoms with Crippen LogP contribution in [0.3, 0.4) is 0 Å². The number of fused-ring (bicyclic) bond motifs is 7. The van der Waals surface area contributed by atoms with Crippen LogP contribution in [0, 0.1) is 5.41 Å². The normalized spacial score (nSPS) is 12.2. The summed E-state index contributed by atoms with van der Waals surface area (Å²) in [6, 6.07) is 49.9. The van der Waals surface area contributed by atoms with Crippen LogP contribution in [0.5, 0.6) is 0 Å². The first-order valence-electron chi connectivity index (χ1n) is 14.9. The molecular formula is C39H26N6. The van der Waals surface area contributed by atoms with Crippen molar-refractivity contribution >= 4 is 60.4 Å². The number of H-pyrrole nitrogens is 1. The van der Waals surface area contributed by atoms with E-state index in [9.17, 15) is 0 Å². The van der Waals surface area contributed by atoms with E-state index in [0.29, 0.717) is 11.2 Å². The van der Waals surface area contributed by atoms with E-state index in [-0.39, 0.29) is 5.84 Å². The van der Waals surface area contributed by atoms with Crippen molar-refractivity contribution < 1.29 is 0 Å². The molecule has 6 aromatic carbocycles. The van der Waals surface area contributed by atoms with E-state index in [1.165, 1.54) is 21.5 Å². The lowest BCUT2D eigenvalue weighted by molar-refractivity contribution is 0.988. The standard InChI is InChI=1S/C39H26N6/c40-37(25-21-23-26(24-22-25)44-33-17-7-2-11-27(33)28-12-3-8-18-34(28)44)42-39-41-32-16-6-1-15-31(32)38(43-39)45-35-19-9-4-13-29(35)30-14-5-10-20-36(30)45/h1-24H,(H2,40,41,42,43). The first kappa shape index (κ1) is 25.2. The summed E-state index contributed by atoms with van der Waals surface area (Å²) in [5, 5.41) is 14.7. The van der Waals surface area contributed by atoms with Gasteiger partial charge in [-0.25, -0.2) is 0 Å². The zero-order valence-corrected chi connectivity index (χ0v) is 24.1. The SMILES string of the molecule is N=C(/N=c1/nc(-n2c3ccccc3c3ccccc32)c2ccccc2[nH]1)c1ccc(-n2c3ccccc3c3ccccc32)cc1. The van der Waals surface area contributed by atoms with E-state index in [1.807, 2.05) is 30.3 Å². The molecule has 0 amide bonds. The lowest BCUT2D eigenvalue weighted by Gasteiger charge is -2.11. The third-order valence-electron chi connectivity index (χ3n) is 8.61. The molecule has 0 fully saturated rings. The van der Waals surface area contributed by atoms with Gasteiger partial charge in [-0.3, -0.25) is 9.98 Å². The quantitative estimate of drug-likeness (QED) is 0.160. The van der Waals surface area contributed by atoms with Crippen molar-refractivity contribution in [1.29, 1.82) is 5.41 Å². The Morgan fingerprint density at radius 1 is 0.511 bits per heavy atom. The maximum absolute atomic E-state index is 8.95. The highest BCUT2D eigenvalue weighted by molar-refractivity contribution is 6.10. The molecule has 0 atom stereocenters. The lowest BCUT2D eigenvalue weighted by Crippen LogP contribution is -2.19. The lowest BCUT2D eigenvalue weighted by atomic mass is 10.2. The van der Waals surface area contributed by atoms with Gasteiger partial charge in [0.1, 0.15) is 0 Å². The number of hydrogen-bond acceptors (Lipinski definition) is 2. The van der Waals surface area contributed by atoms with Crippen molar-refractivity contribution in [2.45, 2.75) is 0 Å². The molecule has 0 aliphatic carbocycles. The average molecular weight is 579 g/mol. The van der Waals surface area contributed by atoms with E-state index in [4.69, 9.17) is 15.4 Å². The molecule has 6 heteroatoms. The van der Waals surface area contributed by atoms with Gasteiger partial charge in [0.05, 0.1) is 27.6 Å². The van der Waals surface area contributed by atoms with Gasteiger partial charge in [0.15, 0.2) is 11.7 Å². The van der Waals surface area contributed by atoms with Crippen LogP contribution < -0.4 is 5.62 Å². The van der Waals surface area contributed by atoms with Gasteiger partial charge in [-0.1, -0.05) is 84.9 Å². The predicted molar refractivity (Wildman–Crippen MR) is 184 cm³/mol. The first-order chi connectivity index (χ1) is 22.2. The maximum atomic E-state index is 8.95. The molecule has 0 aliphatic heterocycles. The third-order valence-corrected chi connectivity index (χ3v) is 8.61. The van der Waals surface area contributed by atoms with Crippen molar-refractivity contribution in [2.24, 2.45) is 4.99 Å². The Balaban J connectivity index is 1.17. The number of aromatic nitrogens is 4. The molecule has 0 radical (unpaired) electrons. The molecule has 212 valence electrons. The number of hydrogen-bond donors (Lipinski definition) is 2. The third kappa shape index (κ3) is 3.93. The molecule has 0 bridgehead atoms. The molecule has 45 heavy (non-hydrogen) atoms. The first-order valence-corrected chi connectivity index (χ1v) is 14.9. The number of para-hydroxylation sites is 5. The van der Waals surface area contributed by atoms with E-state index in [2.05, 4.69) is 129 Å². The van der Waals surface area contributed by atoms with Crippen LogP contribution in [0.15, 0.2) is 151 Å². The molecule has 0 saturated carbocycles. The van der Waals surface area contributed by atoms with Gasteiger partial charge < -0.3 is 9.55 Å². The van der Waals surface area contributed by atoms with Crippen LogP contribution in [0.1, 0.15) is 5.56 Å². The molecule has 2 N–H and O–H groups in total. The molecule has 9 aromatic rings. The molecule has 0 unspecified atom stereocenters. The van der Waals surface area contributed by atoms with Gasteiger partial charge in [0.2, 0.25) is 5.62 Å². The minimum absolute atomic E-state index is 0.135. The van der Waals surface area contributed by atoms with Crippen LogP contribution in [0.4, 0.5) is 0 Å². The van der Waals surface area contributed by atoms with Gasteiger partial charge in [0.25, 0.3) is 0 Å². The molecule has 0 saturated heterocycles. The zero-order chi connectivity index (χ0) is 29.9. The fourth-order valence-corrected chi connectivity index (χ4v) is 6.61. The maximum Gasteiger partial charge on any atom is 0.231 e. The summed E-state index contributed by atoms with van der Waals surface area (Å²) in [6.07, 6.45) is 0. The van der Waals surface area contributed by atoms with Gasteiger partial charge in [-0.2, -0.15) is 9.98 Å². The zero-order valence-electron chi connectivity index (χ0n) is 24.1. The van der Waals surface area contributed by atoms with Crippen molar-refractivity contribution in [3.05, 3.63) is 157 Å². The second-order valence-electron chi connectivity index (χ2n) is 11.2. The molecule has 6 nitrogen and oxygen atoms in total. The Bertz CT molecular complexity index is 2560. The summed E-state index contributed by atoms with van der Waals surface area (Å²) in [5.74, 6) is 0.908. The second-order valence-corrected chi connectivity index (χ2v) is 11.2. The van der Waals surface area contributed by atoms with Gasteiger partial charge >= 0.3 is 0 Å². The Hall–Kier alpha value is -6.27. The van der Waals surface area contributed by atoms with E-state index >= 15 is 0 Å². The van der Waals surface area contributed by atoms with Crippen LogP contribution in [-0.2, 0) is 0 Å². The largest absolute Gasteiger partial charge is 0.323 e. The Labute approximate surface area is 257 Å². The Morgan fingerprint density at radius 3 is 1.49 bits per heavy atom. The van der Waals surface area contributed by atoms with Crippen LogP contribution in [-0.4, -0.2) is 24.9 Å². The summed E-state index contributed by atoms with van der Waals surface area (Å²) in [6.45, 7) is 0. The fourth-order valence-electron chi connectivity index (χ4n) is 6.61. The Kier molecular flexibility index (Phi) is 5.55.